The van der Waals surface area contributed by atoms with E-state index in [1.807, 2.05) is 38.1 Å². The van der Waals surface area contributed by atoms with Gasteiger partial charge in [0.15, 0.2) is 0 Å². The van der Waals surface area contributed by atoms with Crippen LogP contribution in [0.3, 0.4) is 0 Å². The van der Waals surface area contributed by atoms with Crippen LogP contribution in [0.25, 0.3) is 0 Å². The minimum Gasteiger partial charge on any atom is -0.352 e. The Balaban J connectivity index is 1.68. The van der Waals surface area contributed by atoms with Crippen LogP contribution in [-0.2, 0) is 26.2 Å². The summed E-state index contributed by atoms with van der Waals surface area (Å²) < 4.78 is 28.8. The van der Waals surface area contributed by atoms with Gasteiger partial charge < -0.3 is 10.2 Å². The summed E-state index contributed by atoms with van der Waals surface area (Å²) in [5.74, 6) is -0.735. The molecule has 1 aliphatic rings. The van der Waals surface area contributed by atoms with Crippen molar-refractivity contribution in [2.24, 2.45) is 0 Å². The molecule has 0 radical (unpaired) electrons. The Morgan fingerprint density at radius 3 is 2.24 bits per heavy atom. The van der Waals surface area contributed by atoms with Crippen LogP contribution in [0, 0.1) is 13.8 Å². The van der Waals surface area contributed by atoms with E-state index in [9.17, 15) is 18.0 Å². The van der Waals surface area contributed by atoms with E-state index in [0.717, 1.165) is 53.1 Å². The number of hydrogen-bond donors (Lipinski definition) is 1. The molecule has 1 fully saturated rings. The van der Waals surface area contributed by atoms with E-state index in [1.165, 1.54) is 17.0 Å². The molecule has 0 spiro atoms. The van der Waals surface area contributed by atoms with Crippen LogP contribution in [-0.4, -0.2) is 43.8 Å². The van der Waals surface area contributed by atoms with Crippen LogP contribution >= 0.6 is 11.6 Å². The van der Waals surface area contributed by atoms with Gasteiger partial charge in [-0.15, -0.1) is 0 Å². The maximum atomic E-state index is 14.1. The molecule has 7 nitrogen and oxygen atoms in total. The SMILES string of the molecule is Cc1ccc(CN(C(=O)CN(c2ccc(C)c(Cl)c2)S(=O)(=O)c2ccccc2)C(C)C(=O)NC2CCCCC2)cc1. The largest absolute Gasteiger partial charge is 0.352 e. The fraction of sp³-hybridized carbons (Fsp3) is 0.375. The van der Waals surface area contributed by atoms with Crippen molar-refractivity contribution >= 4 is 39.1 Å². The van der Waals surface area contributed by atoms with Crippen LogP contribution < -0.4 is 9.62 Å². The Kier molecular flexibility index (Phi) is 10.1. The monoisotopic (exact) mass is 595 g/mol. The Morgan fingerprint density at radius 2 is 1.61 bits per heavy atom. The maximum absolute atomic E-state index is 14.1. The molecule has 0 bridgehead atoms. The molecule has 1 unspecified atom stereocenters. The van der Waals surface area contributed by atoms with Gasteiger partial charge in [0.05, 0.1) is 10.6 Å². The van der Waals surface area contributed by atoms with Gasteiger partial charge in [-0.05, 0) is 69.0 Å². The first kappa shape index (κ1) is 30.6. The second kappa shape index (κ2) is 13.5. The van der Waals surface area contributed by atoms with Crippen molar-refractivity contribution < 1.29 is 18.0 Å². The lowest BCUT2D eigenvalue weighted by Crippen LogP contribution is -2.53. The zero-order chi connectivity index (χ0) is 29.6. The zero-order valence-corrected chi connectivity index (χ0v) is 25.4. The number of anilines is 1. The Bertz CT molecular complexity index is 1460. The first-order valence-corrected chi connectivity index (χ1v) is 15.9. The lowest BCUT2D eigenvalue weighted by molar-refractivity contribution is -0.139. The number of benzene rings is 3. The van der Waals surface area contributed by atoms with Crippen molar-refractivity contribution in [1.29, 1.82) is 0 Å². The van der Waals surface area contributed by atoms with E-state index >= 15 is 0 Å². The molecular weight excluding hydrogens is 558 g/mol. The molecule has 0 heterocycles. The summed E-state index contributed by atoms with van der Waals surface area (Å²) in [4.78, 5) is 29.0. The summed E-state index contributed by atoms with van der Waals surface area (Å²) in [6, 6.07) is 19.9. The second-order valence-corrected chi connectivity index (χ2v) is 13.1. The lowest BCUT2D eigenvalue weighted by Gasteiger charge is -2.33. The highest BCUT2D eigenvalue weighted by atomic mass is 35.5. The predicted octanol–water partition coefficient (Wildman–Crippen LogP) is 6.02. The zero-order valence-electron chi connectivity index (χ0n) is 23.8. The third-order valence-corrected chi connectivity index (χ3v) is 9.84. The van der Waals surface area contributed by atoms with Gasteiger partial charge in [0.2, 0.25) is 11.8 Å². The molecule has 3 aromatic rings. The number of carbonyl (C=O) groups is 2. The standard InChI is InChI=1S/C32H38ClN3O4S/c1-23-14-17-26(18-15-23)21-35(25(3)32(38)34-27-10-6-4-7-11-27)31(37)22-36(28-19-16-24(2)30(33)20-28)41(39,40)29-12-8-5-9-13-29/h5,8-9,12-20,25,27H,4,6-7,10-11,21-22H2,1-3H3,(H,34,38). The molecule has 0 aliphatic heterocycles. The number of aryl methyl sites for hydroxylation is 2. The number of amides is 2. The third-order valence-electron chi connectivity index (χ3n) is 7.65. The molecule has 1 N–H and O–H groups in total. The van der Waals surface area contributed by atoms with Gasteiger partial charge >= 0.3 is 0 Å². The first-order chi connectivity index (χ1) is 19.6. The number of carbonyl (C=O) groups excluding carboxylic acids is 2. The molecule has 2 amide bonds. The highest BCUT2D eigenvalue weighted by Gasteiger charge is 2.33. The van der Waals surface area contributed by atoms with Gasteiger partial charge in [-0.1, -0.05) is 85.0 Å². The number of nitrogens with zero attached hydrogens (tertiary/aromatic N) is 2. The van der Waals surface area contributed by atoms with Crippen molar-refractivity contribution in [3.05, 3.63) is 94.5 Å². The van der Waals surface area contributed by atoms with Gasteiger partial charge in [0, 0.05) is 17.6 Å². The van der Waals surface area contributed by atoms with Gasteiger partial charge in [-0.25, -0.2) is 8.42 Å². The average molecular weight is 596 g/mol. The molecule has 1 saturated carbocycles. The summed E-state index contributed by atoms with van der Waals surface area (Å²) in [5.41, 5.74) is 2.98. The summed E-state index contributed by atoms with van der Waals surface area (Å²) in [6.07, 6.45) is 5.13. The maximum Gasteiger partial charge on any atom is 0.264 e. The third kappa shape index (κ3) is 7.68. The first-order valence-electron chi connectivity index (χ1n) is 14.1. The topological polar surface area (TPSA) is 86.8 Å². The van der Waals surface area contributed by atoms with E-state index in [2.05, 4.69) is 5.32 Å². The van der Waals surface area contributed by atoms with Gasteiger partial charge in [-0.2, -0.15) is 0 Å². The quantitative estimate of drug-likeness (QED) is 0.311. The van der Waals surface area contributed by atoms with Crippen LogP contribution in [0.2, 0.25) is 5.02 Å². The number of sulfonamides is 1. The minimum absolute atomic E-state index is 0.0534. The van der Waals surface area contributed by atoms with Crippen molar-refractivity contribution in [1.82, 2.24) is 10.2 Å². The van der Waals surface area contributed by atoms with E-state index < -0.39 is 28.5 Å². The Hall–Kier alpha value is -3.36. The van der Waals surface area contributed by atoms with Crippen molar-refractivity contribution in [2.75, 3.05) is 10.8 Å². The number of nitrogens with one attached hydrogen (secondary N) is 1. The number of hydrogen-bond acceptors (Lipinski definition) is 4. The van der Waals surface area contributed by atoms with Crippen LogP contribution in [0.4, 0.5) is 5.69 Å². The highest BCUT2D eigenvalue weighted by molar-refractivity contribution is 7.92. The fourth-order valence-corrected chi connectivity index (χ4v) is 6.63. The van der Waals surface area contributed by atoms with Gasteiger partial charge in [0.1, 0.15) is 12.6 Å². The Labute approximate surface area is 248 Å². The van der Waals surface area contributed by atoms with Crippen molar-refractivity contribution in [3.63, 3.8) is 0 Å². The second-order valence-electron chi connectivity index (χ2n) is 10.8. The van der Waals surface area contributed by atoms with Crippen molar-refractivity contribution in [3.8, 4) is 0 Å². The van der Waals surface area contributed by atoms with E-state index in [1.54, 1.807) is 43.3 Å². The Morgan fingerprint density at radius 1 is 0.951 bits per heavy atom. The highest BCUT2D eigenvalue weighted by Crippen LogP contribution is 2.28. The molecule has 0 saturated heterocycles. The molecule has 1 atom stereocenters. The fourth-order valence-electron chi connectivity index (χ4n) is 5.03. The molecule has 3 aromatic carbocycles. The minimum atomic E-state index is -4.13. The van der Waals surface area contributed by atoms with E-state index in [4.69, 9.17) is 11.6 Å². The summed E-state index contributed by atoms with van der Waals surface area (Å²) in [5, 5.41) is 3.51. The molecule has 218 valence electrons. The number of rotatable bonds is 10. The summed E-state index contributed by atoms with van der Waals surface area (Å²) in [7, 11) is -4.13. The predicted molar refractivity (Wildman–Crippen MR) is 163 cm³/mol. The van der Waals surface area contributed by atoms with Crippen molar-refractivity contribution in [2.45, 2.75) is 76.4 Å². The summed E-state index contributed by atoms with van der Waals surface area (Å²) >= 11 is 6.39. The molecule has 0 aromatic heterocycles. The average Bonchev–Trinajstić information content (AvgIpc) is 2.97. The molecule has 4 rings (SSSR count). The molecule has 1 aliphatic carbocycles. The summed E-state index contributed by atoms with van der Waals surface area (Å²) in [6.45, 7) is 5.16. The van der Waals surface area contributed by atoms with Gasteiger partial charge in [0.25, 0.3) is 10.0 Å². The molecule has 9 heteroatoms. The smallest absolute Gasteiger partial charge is 0.264 e. The van der Waals surface area contributed by atoms with Crippen LogP contribution in [0.5, 0.6) is 0 Å². The van der Waals surface area contributed by atoms with Gasteiger partial charge in [-0.3, -0.25) is 13.9 Å². The van der Waals surface area contributed by atoms with Crippen LogP contribution in [0.1, 0.15) is 55.7 Å². The normalized spacial score (nSPS) is 14.7. The molecular formula is C32H38ClN3O4S. The van der Waals surface area contributed by atoms with E-state index in [-0.39, 0.29) is 29.1 Å². The number of halogens is 1. The molecule has 41 heavy (non-hydrogen) atoms. The lowest BCUT2D eigenvalue weighted by atomic mass is 9.95. The van der Waals surface area contributed by atoms with Crippen LogP contribution in [0.15, 0.2) is 77.7 Å². The van der Waals surface area contributed by atoms with E-state index in [0.29, 0.717) is 5.02 Å².